The standard InChI is InChI=1S/C17H25N3OS/c21-17-10-12-2-1-3-16(12)19-20(17)15-6-4-13(5-7-15)18-14-8-9-22-11-14/h10,13-15,18H,1-9,11H2. The molecule has 1 N–H and O–H groups in total. The Bertz CT molecular complexity index is 586. The predicted octanol–water partition coefficient (Wildman–Crippen LogP) is 2.31. The van der Waals surface area contributed by atoms with Crippen LogP contribution in [0.25, 0.3) is 0 Å². The van der Waals surface area contributed by atoms with Gasteiger partial charge in [0.05, 0.1) is 11.7 Å². The third kappa shape index (κ3) is 2.98. The molecule has 1 saturated carbocycles. The summed E-state index contributed by atoms with van der Waals surface area (Å²) in [5.41, 5.74) is 2.47. The fourth-order valence-electron chi connectivity index (χ4n) is 4.16. The Morgan fingerprint density at radius 1 is 1.14 bits per heavy atom. The highest BCUT2D eigenvalue weighted by atomic mass is 32.2. The Balaban J connectivity index is 1.40. The molecule has 2 heterocycles. The van der Waals surface area contributed by atoms with Crippen molar-refractivity contribution in [1.82, 2.24) is 15.1 Å². The zero-order valence-corrected chi connectivity index (χ0v) is 13.9. The van der Waals surface area contributed by atoms with Crippen LogP contribution in [-0.4, -0.2) is 33.4 Å². The maximum absolute atomic E-state index is 12.3. The molecule has 0 bridgehead atoms. The van der Waals surface area contributed by atoms with Crippen LogP contribution >= 0.6 is 11.8 Å². The highest BCUT2D eigenvalue weighted by molar-refractivity contribution is 7.99. The first kappa shape index (κ1) is 14.8. The van der Waals surface area contributed by atoms with Crippen molar-refractivity contribution in [2.24, 2.45) is 0 Å². The molecule has 4 rings (SSSR count). The van der Waals surface area contributed by atoms with Gasteiger partial charge in [0.1, 0.15) is 0 Å². The molecule has 2 fully saturated rings. The first-order valence-corrected chi connectivity index (χ1v) is 9.90. The molecule has 5 heteroatoms. The summed E-state index contributed by atoms with van der Waals surface area (Å²) in [5.74, 6) is 2.58. The number of aryl methyl sites for hydroxylation is 2. The fraction of sp³-hybridized carbons (Fsp3) is 0.765. The largest absolute Gasteiger partial charge is 0.310 e. The Labute approximate surface area is 136 Å². The quantitative estimate of drug-likeness (QED) is 0.929. The molecular weight excluding hydrogens is 294 g/mol. The normalized spacial score (nSPS) is 31.4. The smallest absolute Gasteiger partial charge is 0.267 e. The van der Waals surface area contributed by atoms with E-state index >= 15 is 0 Å². The molecule has 1 saturated heterocycles. The number of hydrogen-bond acceptors (Lipinski definition) is 4. The minimum Gasteiger partial charge on any atom is -0.310 e. The molecule has 1 unspecified atom stereocenters. The van der Waals surface area contributed by atoms with Crippen molar-refractivity contribution in [2.75, 3.05) is 11.5 Å². The second-order valence-corrected chi connectivity index (χ2v) is 8.14. The minimum absolute atomic E-state index is 0.115. The highest BCUT2D eigenvalue weighted by Crippen LogP contribution is 2.29. The van der Waals surface area contributed by atoms with E-state index in [4.69, 9.17) is 0 Å². The monoisotopic (exact) mass is 319 g/mol. The summed E-state index contributed by atoms with van der Waals surface area (Å²) in [6.07, 6.45) is 9.08. The van der Waals surface area contributed by atoms with Crippen molar-refractivity contribution >= 4 is 11.8 Å². The van der Waals surface area contributed by atoms with Crippen molar-refractivity contribution in [1.29, 1.82) is 0 Å². The molecule has 4 nitrogen and oxygen atoms in total. The average Bonchev–Trinajstić information content (AvgIpc) is 3.18. The van der Waals surface area contributed by atoms with E-state index in [0.717, 1.165) is 32.1 Å². The summed E-state index contributed by atoms with van der Waals surface area (Å²) in [5, 5.41) is 8.50. The minimum atomic E-state index is 0.115. The molecule has 1 atom stereocenters. The van der Waals surface area contributed by atoms with Crippen molar-refractivity contribution in [2.45, 2.75) is 69.5 Å². The van der Waals surface area contributed by atoms with Gasteiger partial charge in [-0.1, -0.05) is 0 Å². The summed E-state index contributed by atoms with van der Waals surface area (Å²) < 4.78 is 1.80. The summed E-state index contributed by atoms with van der Waals surface area (Å²) in [4.78, 5) is 12.3. The number of aromatic nitrogens is 2. The van der Waals surface area contributed by atoms with E-state index in [2.05, 4.69) is 22.2 Å². The Morgan fingerprint density at radius 3 is 2.77 bits per heavy atom. The fourth-order valence-corrected chi connectivity index (χ4v) is 5.33. The zero-order chi connectivity index (χ0) is 14.9. The van der Waals surface area contributed by atoms with Gasteiger partial charge >= 0.3 is 0 Å². The number of nitrogens with zero attached hydrogens (tertiary/aromatic N) is 2. The van der Waals surface area contributed by atoms with Crippen molar-refractivity contribution in [3.63, 3.8) is 0 Å². The van der Waals surface area contributed by atoms with Gasteiger partial charge in [-0.15, -0.1) is 0 Å². The lowest BCUT2D eigenvalue weighted by atomic mass is 9.90. The van der Waals surface area contributed by atoms with E-state index < -0.39 is 0 Å². The van der Waals surface area contributed by atoms with E-state index in [1.807, 2.05) is 6.07 Å². The van der Waals surface area contributed by atoms with Crippen LogP contribution in [-0.2, 0) is 12.8 Å². The SMILES string of the molecule is O=c1cc2c(nn1C1CCC(NC3CCSC3)CC1)CCC2. The first-order valence-electron chi connectivity index (χ1n) is 8.75. The molecule has 1 aromatic rings. The zero-order valence-electron chi connectivity index (χ0n) is 13.1. The van der Waals surface area contributed by atoms with Crippen LogP contribution in [0.1, 0.15) is 55.8 Å². The third-order valence-electron chi connectivity index (χ3n) is 5.43. The van der Waals surface area contributed by atoms with Gasteiger partial charge in [0.25, 0.3) is 5.56 Å². The summed E-state index contributed by atoms with van der Waals surface area (Å²) in [6, 6.07) is 3.52. The molecule has 0 aromatic carbocycles. The van der Waals surface area contributed by atoms with E-state index in [1.165, 1.54) is 42.0 Å². The van der Waals surface area contributed by atoms with Gasteiger partial charge in [-0.25, -0.2) is 4.68 Å². The van der Waals surface area contributed by atoms with Crippen LogP contribution < -0.4 is 10.9 Å². The van der Waals surface area contributed by atoms with Gasteiger partial charge in [0, 0.05) is 23.9 Å². The second kappa shape index (κ2) is 6.36. The van der Waals surface area contributed by atoms with Crippen molar-refractivity contribution in [3.05, 3.63) is 27.7 Å². The van der Waals surface area contributed by atoms with Crippen LogP contribution in [0.5, 0.6) is 0 Å². The van der Waals surface area contributed by atoms with Gasteiger partial charge in [-0.3, -0.25) is 4.79 Å². The molecule has 1 aliphatic heterocycles. The number of fused-ring (bicyclic) bond motifs is 1. The molecule has 3 aliphatic rings. The molecular formula is C17H25N3OS. The predicted molar refractivity (Wildman–Crippen MR) is 90.7 cm³/mol. The molecule has 0 spiro atoms. The second-order valence-electron chi connectivity index (χ2n) is 6.99. The molecule has 2 aliphatic carbocycles. The molecule has 22 heavy (non-hydrogen) atoms. The Kier molecular flexibility index (Phi) is 4.27. The lowest BCUT2D eigenvalue weighted by molar-refractivity contribution is 0.258. The first-order chi connectivity index (χ1) is 10.8. The van der Waals surface area contributed by atoms with Gasteiger partial charge in [-0.2, -0.15) is 16.9 Å². The molecule has 1 aromatic heterocycles. The topological polar surface area (TPSA) is 46.9 Å². The van der Waals surface area contributed by atoms with Crippen LogP contribution in [0, 0.1) is 0 Å². The van der Waals surface area contributed by atoms with Crippen LogP contribution in [0.15, 0.2) is 10.9 Å². The van der Waals surface area contributed by atoms with E-state index in [1.54, 1.807) is 4.68 Å². The van der Waals surface area contributed by atoms with Crippen LogP contribution in [0.3, 0.4) is 0 Å². The van der Waals surface area contributed by atoms with E-state index in [9.17, 15) is 4.79 Å². The summed E-state index contributed by atoms with van der Waals surface area (Å²) in [6.45, 7) is 0. The molecule has 120 valence electrons. The number of rotatable bonds is 3. The van der Waals surface area contributed by atoms with E-state index in [0.29, 0.717) is 18.1 Å². The Hall–Kier alpha value is -0.810. The van der Waals surface area contributed by atoms with Gasteiger partial charge in [0.2, 0.25) is 0 Å². The number of thioether (sulfide) groups is 1. The third-order valence-corrected chi connectivity index (χ3v) is 6.59. The van der Waals surface area contributed by atoms with Gasteiger partial charge in [-0.05, 0) is 62.7 Å². The lowest BCUT2D eigenvalue weighted by Gasteiger charge is -2.31. The highest BCUT2D eigenvalue weighted by Gasteiger charge is 2.27. The summed E-state index contributed by atoms with van der Waals surface area (Å²) >= 11 is 2.06. The van der Waals surface area contributed by atoms with E-state index in [-0.39, 0.29) is 5.56 Å². The number of hydrogen-bond donors (Lipinski definition) is 1. The average molecular weight is 319 g/mol. The lowest BCUT2D eigenvalue weighted by Crippen LogP contribution is -2.42. The van der Waals surface area contributed by atoms with Crippen molar-refractivity contribution < 1.29 is 0 Å². The maximum Gasteiger partial charge on any atom is 0.267 e. The Morgan fingerprint density at radius 2 is 2.00 bits per heavy atom. The van der Waals surface area contributed by atoms with Gasteiger partial charge in [0.15, 0.2) is 0 Å². The summed E-state index contributed by atoms with van der Waals surface area (Å²) in [7, 11) is 0. The van der Waals surface area contributed by atoms with Crippen molar-refractivity contribution in [3.8, 4) is 0 Å². The number of nitrogens with one attached hydrogen (secondary N) is 1. The van der Waals surface area contributed by atoms with Crippen LogP contribution in [0.4, 0.5) is 0 Å². The molecule has 0 amide bonds. The van der Waals surface area contributed by atoms with Gasteiger partial charge < -0.3 is 5.32 Å². The maximum atomic E-state index is 12.3. The molecule has 0 radical (unpaired) electrons. The van der Waals surface area contributed by atoms with Crippen LogP contribution in [0.2, 0.25) is 0 Å².